The monoisotopic (exact) mass is 405 g/mol. The number of nitrogens with one attached hydrogen (secondary N) is 3. The van der Waals surface area contributed by atoms with Crippen LogP contribution < -0.4 is 15.4 Å². The summed E-state index contributed by atoms with van der Waals surface area (Å²) in [5, 5.41) is 6.86. The number of thiocarbonyl (C=S) groups is 1. The van der Waals surface area contributed by atoms with E-state index in [-0.39, 0.29) is 12.0 Å². The molecule has 0 aliphatic carbocycles. The van der Waals surface area contributed by atoms with Gasteiger partial charge < -0.3 is 10.6 Å². The quantitative estimate of drug-likeness (QED) is 0.642. The highest BCUT2D eigenvalue weighted by Gasteiger charge is 2.12. The summed E-state index contributed by atoms with van der Waals surface area (Å²) in [5.41, 5.74) is 4.33. The van der Waals surface area contributed by atoms with Crippen LogP contribution in [0, 0.1) is 0 Å². The Labute approximate surface area is 167 Å². The minimum absolute atomic E-state index is 0.145. The summed E-state index contributed by atoms with van der Waals surface area (Å²) in [6, 6.07) is 16.0. The van der Waals surface area contributed by atoms with Gasteiger partial charge in [0.25, 0.3) is 0 Å². The van der Waals surface area contributed by atoms with Crippen LogP contribution in [0.1, 0.15) is 37.5 Å². The van der Waals surface area contributed by atoms with Crippen molar-refractivity contribution in [3.05, 3.63) is 65.2 Å². The molecular weight excluding hydrogens is 378 g/mol. The van der Waals surface area contributed by atoms with E-state index in [0.717, 1.165) is 23.1 Å². The first kappa shape index (κ1) is 21.3. The smallest absolute Gasteiger partial charge is 0.209 e. The molecule has 0 fully saturated rings. The highest BCUT2D eigenvalue weighted by Crippen LogP contribution is 2.22. The molecule has 0 amide bonds. The van der Waals surface area contributed by atoms with Crippen LogP contribution in [0.5, 0.6) is 0 Å². The van der Waals surface area contributed by atoms with E-state index in [9.17, 15) is 8.42 Å². The van der Waals surface area contributed by atoms with Gasteiger partial charge in [-0.15, -0.1) is 0 Å². The van der Waals surface area contributed by atoms with Gasteiger partial charge in [-0.3, -0.25) is 0 Å². The zero-order valence-electron chi connectivity index (χ0n) is 16.2. The first-order chi connectivity index (χ1) is 12.5. The molecule has 0 aliphatic heterocycles. The fraction of sp³-hybridized carbons (Fsp3) is 0.350. The average molecular weight is 406 g/mol. The fourth-order valence-corrected chi connectivity index (χ4v) is 3.02. The van der Waals surface area contributed by atoms with Crippen molar-refractivity contribution < 1.29 is 8.42 Å². The van der Waals surface area contributed by atoms with Crippen LogP contribution in [0.15, 0.2) is 48.5 Å². The SMILES string of the molecule is CC(C)(C)c1ccc(CNC(=S)Nc2ccc(CNS(C)(=O)=O)cc2)cc1. The number of hydrogen-bond acceptors (Lipinski definition) is 3. The largest absolute Gasteiger partial charge is 0.358 e. The summed E-state index contributed by atoms with van der Waals surface area (Å²) >= 11 is 5.34. The summed E-state index contributed by atoms with van der Waals surface area (Å²) in [6.45, 7) is 7.50. The summed E-state index contributed by atoms with van der Waals surface area (Å²) in [5.74, 6) is 0. The number of rotatable bonds is 6. The lowest BCUT2D eigenvalue weighted by Gasteiger charge is -2.19. The Hall–Kier alpha value is -1.96. The van der Waals surface area contributed by atoms with E-state index in [1.807, 2.05) is 24.3 Å². The lowest BCUT2D eigenvalue weighted by Crippen LogP contribution is -2.28. The third kappa shape index (κ3) is 7.66. The molecule has 2 rings (SSSR count). The normalized spacial score (nSPS) is 11.9. The van der Waals surface area contributed by atoms with Gasteiger partial charge in [-0.25, -0.2) is 13.1 Å². The van der Waals surface area contributed by atoms with E-state index in [1.54, 1.807) is 0 Å². The Morgan fingerprint density at radius 3 is 1.96 bits per heavy atom. The molecule has 0 spiro atoms. The van der Waals surface area contributed by atoms with Crippen molar-refractivity contribution in [3.63, 3.8) is 0 Å². The molecule has 2 aromatic rings. The summed E-state index contributed by atoms with van der Waals surface area (Å²) in [6.07, 6.45) is 1.14. The standard InChI is InChI=1S/C20H27N3O2S2/c1-20(2,3)17-9-5-15(6-10-17)13-21-19(26)23-18-11-7-16(8-12-18)14-22-27(4,24)25/h5-12,22H,13-14H2,1-4H3,(H2,21,23,26). The highest BCUT2D eigenvalue weighted by molar-refractivity contribution is 7.88. The van der Waals surface area contributed by atoms with Crippen LogP contribution in [0.25, 0.3) is 0 Å². The molecule has 0 saturated heterocycles. The maximum absolute atomic E-state index is 11.1. The molecule has 5 nitrogen and oxygen atoms in total. The molecule has 0 heterocycles. The van der Waals surface area contributed by atoms with Crippen LogP contribution in [-0.2, 0) is 28.5 Å². The minimum atomic E-state index is -3.19. The number of hydrogen-bond donors (Lipinski definition) is 3. The lowest BCUT2D eigenvalue weighted by molar-refractivity contribution is 0.587. The Balaban J connectivity index is 1.83. The maximum atomic E-state index is 11.1. The summed E-state index contributed by atoms with van der Waals surface area (Å²) in [7, 11) is -3.19. The van der Waals surface area contributed by atoms with Gasteiger partial charge in [0.1, 0.15) is 0 Å². The van der Waals surface area contributed by atoms with Crippen molar-refractivity contribution in [2.24, 2.45) is 0 Å². The minimum Gasteiger partial charge on any atom is -0.358 e. The molecule has 3 N–H and O–H groups in total. The number of benzene rings is 2. The predicted molar refractivity (Wildman–Crippen MR) is 116 cm³/mol. The van der Waals surface area contributed by atoms with Gasteiger partial charge >= 0.3 is 0 Å². The molecular formula is C20H27N3O2S2. The van der Waals surface area contributed by atoms with Crippen molar-refractivity contribution >= 4 is 33.0 Å². The first-order valence-corrected chi connectivity index (χ1v) is 11.0. The van der Waals surface area contributed by atoms with Crippen molar-refractivity contribution in [3.8, 4) is 0 Å². The second-order valence-electron chi connectivity index (χ2n) is 7.54. The third-order valence-electron chi connectivity index (χ3n) is 4.02. The highest BCUT2D eigenvalue weighted by atomic mass is 32.2. The van der Waals surface area contributed by atoms with Gasteiger partial charge in [0.15, 0.2) is 5.11 Å². The molecule has 0 unspecified atom stereocenters. The number of sulfonamides is 1. The van der Waals surface area contributed by atoms with Gasteiger partial charge in [0.2, 0.25) is 10.0 Å². The lowest BCUT2D eigenvalue weighted by atomic mass is 9.87. The molecule has 0 aromatic heterocycles. The van der Waals surface area contributed by atoms with E-state index < -0.39 is 10.0 Å². The van der Waals surface area contributed by atoms with Crippen molar-refractivity contribution in [1.29, 1.82) is 0 Å². The van der Waals surface area contributed by atoms with Crippen LogP contribution in [0.2, 0.25) is 0 Å². The average Bonchev–Trinajstić information content (AvgIpc) is 2.58. The fourth-order valence-electron chi connectivity index (χ4n) is 2.40. The topological polar surface area (TPSA) is 70.2 Å². The van der Waals surface area contributed by atoms with Crippen LogP contribution >= 0.6 is 12.2 Å². The molecule has 0 radical (unpaired) electrons. The second-order valence-corrected chi connectivity index (χ2v) is 9.79. The third-order valence-corrected chi connectivity index (χ3v) is 4.94. The predicted octanol–water partition coefficient (Wildman–Crippen LogP) is 3.52. The van der Waals surface area contributed by atoms with E-state index in [1.165, 1.54) is 5.56 Å². The zero-order valence-corrected chi connectivity index (χ0v) is 17.8. The van der Waals surface area contributed by atoms with Crippen molar-refractivity contribution in [2.75, 3.05) is 11.6 Å². The van der Waals surface area contributed by atoms with Crippen LogP contribution in [0.3, 0.4) is 0 Å². The molecule has 146 valence electrons. The zero-order chi connectivity index (χ0) is 20.1. The van der Waals surface area contributed by atoms with Gasteiger partial charge in [-0.05, 0) is 46.5 Å². The van der Waals surface area contributed by atoms with E-state index in [2.05, 4.69) is 60.4 Å². The van der Waals surface area contributed by atoms with Gasteiger partial charge in [0.05, 0.1) is 6.26 Å². The molecule has 0 atom stereocenters. The Bertz CT molecular complexity index is 869. The first-order valence-electron chi connectivity index (χ1n) is 8.71. The van der Waals surface area contributed by atoms with Crippen molar-refractivity contribution in [2.45, 2.75) is 39.3 Å². The summed E-state index contributed by atoms with van der Waals surface area (Å²) < 4.78 is 24.7. The van der Waals surface area contributed by atoms with Crippen LogP contribution in [0.4, 0.5) is 5.69 Å². The molecule has 0 saturated carbocycles. The van der Waals surface area contributed by atoms with Gasteiger partial charge in [-0.1, -0.05) is 57.2 Å². The Morgan fingerprint density at radius 1 is 0.926 bits per heavy atom. The molecule has 0 aliphatic rings. The number of anilines is 1. The molecule has 27 heavy (non-hydrogen) atoms. The second kappa shape index (κ2) is 8.82. The van der Waals surface area contributed by atoms with Crippen LogP contribution in [-0.4, -0.2) is 19.8 Å². The Morgan fingerprint density at radius 2 is 1.44 bits per heavy atom. The van der Waals surface area contributed by atoms with Crippen molar-refractivity contribution in [1.82, 2.24) is 10.0 Å². The van der Waals surface area contributed by atoms with E-state index in [0.29, 0.717) is 11.7 Å². The van der Waals surface area contributed by atoms with E-state index in [4.69, 9.17) is 12.2 Å². The Kier molecular flexibility index (Phi) is 6.97. The summed E-state index contributed by atoms with van der Waals surface area (Å²) in [4.78, 5) is 0. The molecule has 0 bridgehead atoms. The van der Waals surface area contributed by atoms with E-state index >= 15 is 0 Å². The maximum Gasteiger partial charge on any atom is 0.209 e. The van der Waals surface area contributed by atoms with Gasteiger partial charge in [0, 0.05) is 18.8 Å². The van der Waals surface area contributed by atoms with Gasteiger partial charge in [-0.2, -0.15) is 0 Å². The molecule has 2 aromatic carbocycles. The molecule has 7 heteroatoms.